The van der Waals surface area contributed by atoms with E-state index in [2.05, 4.69) is 43.0 Å². The minimum absolute atomic E-state index is 0.0125. The van der Waals surface area contributed by atoms with Gasteiger partial charge in [-0.25, -0.2) is 0 Å². The summed E-state index contributed by atoms with van der Waals surface area (Å²) in [7, 11) is 0. The Morgan fingerprint density at radius 2 is 1.71 bits per heavy atom. The van der Waals surface area contributed by atoms with Crippen molar-refractivity contribution in [2.24, 2.45) is 5.73 Å². The largest absolute Gasteiger partial charge is 0.480 e. The van der Waals surface area contributed by atoms with Gasteiger partial charge in [-0.15, -0.1) is 0 Å². The Hall–Kier alpha value is -2.08. The van der Waals surface area contributed by atoms with Crippen LogP contribution in [0, 0.1) is 0 Å². The predicted octanol–water partition coefficient (Wildman–Crippen LogP) is 1.65. The number of benzene rings is 1. The second-order valence-electron chi connectivity index (χ2n) is 6.60. The van der Waals surface area contributed by atoms with Crippen LogP contribution in [0.5, 0.6) is 0 Å². The Balaban J connectivity index is 1.82. The van der Waals surface area contributed by atoms with Crippen molar-refractivity contribution in [2.45, 2.75) is 38.6 Å². The van der Waals surface area contributed by atoms with Gasteiger partial charge in [0.15, 0.2) is 0 Å². The third-order valence-corrected chi connectivity index (χ3v) is 4.54. The summed E-state index contributed by atoms with van der Waals surface area (Å²) in [5, 5.41) is 8.76. The first-order chi connectivity index (χ1) is 11.4. The van der Waals surface area contributed by atoms with E-state index >= 15 is 0 Å². The molecule has 1 atom stereocenters. The number of rotatable bonds is 6. The number of carboxylic acids is 1. The quantitative estimate of drug-likeness (QED) is 0.826. The maximum Gasteiger partial charge on any atom is 0.320 e. The molecule has 1 aromatic rings. The van der Waals surface area contributed by atoms with Crippen molar-refractivity contribution in [1.82, 2.24) is 4.90 Å². The first-order valence-corrected chi connectivity index (χ1v) is 8.49. The fraction of sp³-hybridized carbons (Fsp3) is 0.556. The zero-order valence-corrected chi connectivity index (χ0v) is 14.4. The number of carboxylic acid groups (broad SMARTS) is 1. The van der Waals surface area contributed by atoms with Gasteiger partial charge in [0.1, 0.15) is 6.04 Å². The van der Waals surface area contributed by atoms with Crippen LogP contribution in [0.3, 0.4) is 0 Å². The van der Waals surface area contributed by atoms with Crippen molar-refractivity contribution in [3.63, 3.8) is 0 Å². The van der Waals surface area contributed by atoms with Crippen LogP contribution in [0.1, 0.15) is 38.2 Å². The number of carbonyl (C=O) groups excluding carboxylic acids is 1. The summed E-state index contributed by atoms with van der Waals surface area (Å²) in [4.78, 5) is 26.9. The molecule has 0 spiro atoms. The minimum Gasteiger partial charge on any atom is -0.480 e. The lowest BCUT2D eigenvalue weighted by Crippen LogP contribution is -2.49. The average Bonchev–Trinajstić information content (AvgIpc) is 2.59. The molecule has 6 heteroatoms. The summed E-state index contributed by atoms with van der Waals surface area (Å²) in [6, 6.07) is 7.63. The average molecular weight is 333 g/mol. The topological polar surface area (TPSA) is 86.9 Å². The van der Waals surface area contributed by atoms with Gasteiger partial charge >= 0.3 is 5.97 Å². The van der Waals surface area contributed by atoms with Crippen molar-refractivity contribution < 1.29 is 14.7 Å². The highest BCUT2D eigenvalue weighted by atomic mass is 16.4. The van der Waals surface area contributed by atoms with E-state index in [1.54, 1.807) is 4.90 Å². The molecule has 2 rings (SSSR count). The van der Waals surface area contributed by atoms with Gasteiger partial charge in [-0.3, -0.25) is 9.59 Å². The Morgan fingerprint density at radius 1 is 1.12 bits per heavy atom. The Morgan fingerprint density at radius 3 is 2.21 bits per heavy atom. The van der Waals surface area contributed by atoms with Gasteiger partial charge in [-0.05, 0) is 30.0 Å². The number of carbonyl (C=O) groups is 2. The van der Waals surface area contributed by atoms with E-state index in [9.17, 15) is 9.59 Å². The number of amides is 1. The molecule has 3 N–H and O–H groups in total. The molecule has 1 fully saturated rings. The second kappa shape index (κ2) is 8.15. The second-order valence-corrected chi connectivity index (χ2v) is 6.60. The Bertz CT molecular complexity index is 563. The van der Waals surface area contributed by atoms with Crippen LogP contribution in [0.4, 0.5) is 5.69 Å². The summed E-state index contributed by atoms with van der Waals surface area (Å²) in [6.45, 7) is 7.25. The molecule has 1 aliphatic heterocycles. The van der Waals surface area contributed by atoms with Crippen molar-refractivity contribution in [1.29, 1.82) is 0 Å². The lowest BCUT2D eigenvalue weighted by molar-refractivity contribution is -0.139. The third-order valence-electron chi connectivity index (χ3n) is 4.54. The van der Waals surface area contributed by atoms with Crippen LogP contribution in [-0.2, 0) is 9.59 Å². The number of aliphatic carboxylic acids is 1. The standard InChI is InChI=1S/C18H27N3O3/c1-13(2)14-3-5-15(6-4-14)20-9-11-21(12-10-20)17(22)8-7-16(19)18(23)24/h3-6,13,16H,7-12,19H2,1-2H3,(H,23,24)/t16-/m0/s1. The number of nitrogens with zero attached hydrogens (tertiary/aromatic N) is 2. The molecule has 1 aromatic carbocycles. The molecule has 24 heavy (non-hydrogen) atoms. The summed E-state index contributed by atoms with van der Waals surface area (Å²) in [5.74, 6) is -0.551. The highest BCUT2D eigenvalue weighted by molar-refractivity contribution is 5.78. The van der Waals surface area contributed by atoms with Crippen LogP contribution in [0.25, 0.3) is 0 Å². The molecule has 1 aliphatic rings. The number of hydrogen-bond acceptors (Lipinski definition) is 4. The van der Waals surface area contributed by atoms with E-state index in [1.165, 1.54) is 11.3 Å². The molecule has 0 unspecified atom stereocenters. The maximum absolute atomic E-state index is 12.1. The summed E-state index contributed by atoms with van der Waals surface area (Å²) in [5.41, 5.74) is 7.95. The van der Waals surface area contributed by atoms with Crippen LogP contribution < -0.4 is 10.6 Å². The van der Waals surface area contributed by atoms with Crippen molar-refractivity contribution >= 4 is 17.6 Å². The number of nitrogens with two attached hydrogens (primary N) is 1. The molecule has 1 amide bonds. The number of anilines is 1. The van der Waals surface area contributed by atoms with Crippen LogP contribution in [0.2, 0.25) is 0 Å². The highest BCUT2D eigenvalue weighted by Gasteiger charge is 2.22. The first kappa shape index (κ1) is 18.3. The normalized spacial score (nSPS) is 16.3. The lowest BCUT2D eigenvalue weighted by Gasteiger charge is -2.36. The SMILES string of the molecule is CC(C)c1ccc(N2CCN(C(=O)CC[C@H](N)C(=O)O)CC2)cc1. The molecule has 132 valence electrons. The van der Waals surface area contributed by atoms with Crippen molar-refractivity contribution in [2.75, 3.05) is 31.1 Å². The Kier molecular flexibility index (Phi) is 6.20. The van der Waals surface area contributed by atoms with Crippen LogP contribution >= 0.6 is 0 Å². The van der Waals surface area contributed by atoms with Gasteiger partial charge in [0.05, 0.1) is 0 Å². The van der Waals surface area contributed by atoms with Gasteiger partial charge in [-0.2, -0.15) is 0 Å². The zero-order valence-electron chi connectivity index (χ0n) is 14.4. The van der Waals surface area contributed by atoms with Gasteiger partial charge in [-0.1, -0.05) is 26.0 Å². The van der Waals surface area contributed by atoms with Crippen molar-refractivity contribution in [3.8, 4) is 0 Å². The van der Waals surface area contributed by atoms with E-state index < -0.39 is 12.0 Å². The molecule has 1 saturated heterocycles. The highest BCUT2D eigenvalue weighted by Crippen LogP contribution is 2.21. The van der Waals surface area contributed by atoms with Gasteiger partial charge < -0.3 is 20.6 Å². The lowest BCUT2D eigenvalue weighted by atomic mass is 10.0. The predicted molar refractivity (Wildman–Crippen MR) is 94.2 cm³/mol. The monoisotopic (exact) mass is 333 g/mol. The van der Waals surface area contributed by atoms with E-state index in [-0.39, 0.29) is 18.7 Å². The van der Waals surface area contributed by atoms with Crippen LogP contribution in [0.15, 0.2) is 24.3 Å². The van der Waals surface area contributed by atoms with Gasteiger partial charge in [0, 0.05) is 38.3 Å². The number of piperazine rings is 1. The zero-order chi connectivity index (χ0) is 17.7. The summed E-state index contributed by atoms with van der Waals surface area (Å²) >= 11 is 0. The molecule has 0 saturated carbocycles. The first-order valence-electron chi connectivity index (χ1n) is 8.49. The molecular formula is C18H27N3O3. The van der Waals surface area contributed by atoms with Crippen molar-refractivity contribution in [3.05, 3.63) is 29.8 Å². The van der Waals surface area contributed by atoms with E-state index in [4.69, 9.17) is 10.8 Å². The summed E-state index contributed by atoms with van der Waals surface area (Å²) < 4.78 is 0. The molecule has 0 aromatic heterocycles. The Labute approximate surface area is 143 Å². The molecule has 0 radical (unpaired) electrons. The van der Waals surface area contributed by atoms with Gasteiger partial charge in [0.25, 0.3) is 0 Å². The minimum atomic E-state index is -1.06. The smallest absolute Gasteiger partial charge is 0.320 e. The molecule has 0 bridgehead atoms. The number of hydrogen-bond donors (Lipinski definition) is 2. The fourth-order valence-corrected chi connectivity index (χ4v) is 2.84. The maximum atomic E-state index is 12.1. The van der Waals surface area contributed by atoms with E-state index in [1.807, 2.05) is 0 Å². The third kappa shape index (κ3) is 4.71. The molecule has 1 heterocycles. The molecular weight excluding hydrogens is 306 g/mol. The molecule has 6 nitrogen and oxygen atoms in total. The molecule has 0 aliphatic carbocycles. The van der Waals surface area contributed by atoms with E-state index in [0.29, 0.717) is 19.0 Å². The fourth-order valence-electron chi connectivity index (χ4n) is 2.84. The van der Waals surface area contributed by atoms with Crippen LogP contribution in [-0.4, -0.2) is 54.1 Å². The van der Waals surface area contributed by atoms with Gasteiger partial charge in [0.2, 0.25) is 5.91 Å². The summed E-state index contributed by atoms with van der Waals surface area (Å²) in [6.07, 6.45) is 0.377. The van der Waals surface area contributed by atoms with E-state index in [0.717, 1.165) is 13.1 Å².